The van der Waals surface area contributed by atoms with Gasteiger partial charge < -0.3 is 18.9 Å². The first-order valence-corrected chi connectivity index (χ1v) is 9.34. The van der Waals surface area contributed by atoms with Crippen LogP contribution >= 0.6 is 0 Å². The molecule has 0 aliphatic rings. The maximum atomic E-state index is 10.5. The Bertz CT molecular complexity index is 506. The van der Waals surface area contributed by atoms with Crippen molar-refractivity contribution in [1.82, 2.24) is 0 Å². The van der Waals surface area contributed by atoms with E-state index in [0.717, 1.165) is 12.1 Å². The molecule has 0 atom stereocenters. The Morgan fingerprint density at radius 2 is 1.43 bits per heavy atom. The fourth-order valence-electron chi connectivity index (χ4n) is 2.21. The van der Waals surface area contributed by atoms with Crippen LogP contribution in [0.3, 0.4) is 0 Å². The molecule has 0 radical (unpaired) electrons. The minimum absolute atomic E-state index is 0.123. The second kappa shape index (κ2) is 10.6. The summed E-state index contributed by atoms with van der Waals surface area (Å²) in [5.74, 6) is 0.409. The van der Waals surface area contributed by atoms with Crippen molar-refractivity contribution in [3.05, 3.63) is 24.3 Å². The summed E-state index contributed by atoms with van der Waals surface area (Å²) in [4.78, 5) is -0.297. The average Bonchev–Trinajstić information content (AvgIpc) is 2.56. The highest BCUT2D eigenvalue weighted by Crippen LogP contribution is 2.15. The molecule has 0 heterocycles. The van der Waals surface area contributed by atoms with Crippen molar-refractivity contribution in [2.75, 3.05) is 39.4 Å². The van der Waals surface area contributed by atoms with Crippen LogP contribution in [0, 0.1) is 0 Å². The zero-order chi connectivity index (χ0) is 17.9. The Balaban J connectivity index is 0.000000468. The molecule has 134 valence electrons. The molecule has 1 N–H and O–H groups in total. The molecule has 0 amide bonds. The molecule has 1 aromatic carbocycles. The van der Waals surface area contributed by atoms with Gasteiger partial charge in [-0.25, -0.2) is 8.42 Å². The molecule has 1 aromatic rings. The van der Waals surface area contributed by atoms with E-state index in [1.807, 2.05) is 0 Å². The van der Waals surface area contributed by atoms with Crippen molar-refractivity contribution >= 4 is 10.1 Å². The molecule has 0 aliphatic carbocycles. The van der Waals surface area contributed by atoms with Crippen molar-refractivity contribution in [3.8, 4) is 5.75 Å². The van der Waals surface area contributed by atoms with E-state index in [9.17, 15) is 13.0 Å². The van der Waals surface area contributed by atoms with Crippen LogP contribution in [0.25, 0.3) is 0 Å². The molecular weight excluding hydrogens is 318 g/mol. The molecule has 0 saturated heterocycles. The molecular formula is C16H29NO5S. The monoisotopic (exact) mass is 347 g/mol. The average molecular weight is 347 g/mol. The SMILES string of the molecule is CC[N+](CC)(CC)CC.O=S(=O)([O-])c1ccc(OCCO)cc1. The lowest BCUT2D eigenvalue weighted by molar-refractivity contribution is -0.921. The lowest BCUT2D eigenvalue weighted by Gasteiger charge is -2.34. The molecule has 7 heteroatoms. The molecule has 0 fully saturated rings. The van der Waals surface area contributed by atoms with E-state index in [-0.39, 0.29) is 18.1 Å². The molecule has 23 heavy (non-hydrogen) atoms. The van der Waals surface area contributed by atoms with Gasteiger partial charge in [-0.05, 0) is 52.0 Å². The lowest BCUT2D eigenvalue weighted by atomic mass is 10.3. The van der Waals surface area contributed by atoms with E-state index in [1.54, 1.807) is 0 Å². The number of aliphatic hydroxyl groups is 1. The van der Waals surface area contributed by atoms with Gasteiger partial charge >= 0.3 is 0 Å². The zero-order valence-corrected chi connectivity index (χ0v) is 15.3. The summed E-state index contributed by atoms with van der Waals surface area (Å²) in [5.41, 5.74) is 0. The standard InChI is InChI=1S/C8H20N.C8H10O5S/c1-5-9(6-2,7-3)8-4;9-5-6-13-7-1-3-8(4-2-7)14(10,11)12/h5-8H2,1-4H3;1-4,9H,5-6H2,(H,10,11,12)/q+1;/p-1. The van der Waals surface area contributed by atoms with Crippen molar-refractivity contribution in [2.24, 2.45) is 0 Å². The summed E-state index contributed by atoms with van der Waals surface area (Å²) >= 11 is 0. The van der Waals surface area contributed by atoms with E-state index >= 15 is 0 Å². The van der Waals surface area contributed by atoms with Crippen LogP contribution in [-0.2, 0) is 10.1 Å². The van der Waals surface area contributed by atoms with Gasteiger partial charge in [-0.3, -0.25) is 0 Å². The predicted octanol–water partition coefficient (Wildman–Crippen LogP) is 1.84. The molecule has 0 saturated carbocycles. The molecule has 0 aliphatic heterocycles. The molecule has 6 nitrogen and oxygen atoms in total. The second-order valence-electron chi connectivity index (χ2n) is 5.10. The van der Waals surface area contributed by atoms with E-state index in [4.69, 9.17) is 9.84 Å². The van der Waals surface area contributed by atoms with Crippen LogP contribution in [0.2, 0.25) is 0 Å². The molecule has 0 spiro atoms. The molecule has 0 unspecified atom stereocenters. The fourth-order valence-corrected chi connectivity index (χ4v) is 2.68. The highest BCUT2D eigenvalue weighted by molar-refractivity contribution is 7.85. The number of ether oxygens (including phenoxy) is 1. The van der Waals surface area contributed by atoms with Crippen LogP contribution < -0.4 is 4.74 Å². The van der Waals surface area contributed by atoms with Gasteiger partial charge in [-0.2, -0.15) is 0 Å². The van der Waals surface area contributed by atoms with Crippen LogP contribution in [0.4, 0.5) is 0 Å². The van der Waals surface area contributed by atoms with Gasteiger partial charge in [0, 0.05) is 0 Å². The van der Waals surface area contributed by atoms with Crippen molar-refractivity contribution < 1.29 is 27.3 Å². The maximum absolute atomic E-state index is 10.5. The number of hydrogen-bond acceptors (Lipinski definition) is 5. The normalized spacial score (nSPS) is 11.6. The summed E-state index contributed by atoms with van der Waals surface area (Å²) in [7, 11) is -4.40. The summed E-state index contributed by atoms with van der Waals surface area (Å²) in [6.07, 6.45) is 0. The maximum Gasteiger partial charge on any atom is 0.124 e. The minimum Gasteiger partial charge on any atom is -0.744 e. The first-order valence-electron chi connectivity index (χ1n) is 7.93. The van der Waals surface area contributed by atoms with Crippen molar-refractivity contribution in [1.29, 1.82) is 0 Å². The van der Waals surface area contributed by atoms with Crippen LogP contribution in [0.15, 0.2) is 29.2 Å². The lowest BCUT2D eigenvalue weighted by Crippen LogP contribution is -2.47. The Labute approximate surface area is 140 Å². The Morgan fingerprint density at radius 1 is 1.00 bits per heavy atom. The quantitative estimate of drug-likeness (QED) is 0.573. The van der Waals surface area contributed by atoms with Crippen LogP contribution in [0.5, 0.6) is 5.75 Å². The van der Waals surface area contributed by atoms with Crippen molar-refractivity contribution in [3.63, 3.8) is 0 Å². The largest absolute Gasteiger partial charge is 0.744 e. The van der Waals surface area contributed by atoms with Gasteiger partial charge in [0.2, 0.25) is 0 Å². The smallest absolute Gasteiger partial charge is 0.124 e. The van der Waals surface area contributed by atoms with Gasteiger partial charge in [0.1, 0.15) is 22.5 Å². The van der Waals surface area contributed by atoms with Crippen molar-refractivity contribution in [2.45, 2.75) is 32.6 Å². The highest BCUT2D eigenvalue weighted by Gasteiger charge is 2.16. The number of hydrogen-bond donors (Lipinski definition) is 1. The number of quaternary nitrogens is 1. The Hall–Kier alpha value is -1.15. The summed E-state index contributed by atoms with van der Waals surface area (Å²) < 4.78 is 37.8. The van der Waals surface area contributed by atoms with Gasteiger partial charge in [0.05, 0.1) is 37.7 Å². The fraction of sp³-hybridized carbons (Fsp3) is 0.625. The summed E-state index contributed by atoms with van der Waals surface area (Å²) in [6, 6.07) is 5.05. The second-order valence-corrected chi connectivity index (χ2v) is 6.48. The molecule has 0 bridgehead atoms. The third-order valence-electron chi connectivity index (χ3n) is 4.16. The van der Waals surface area contributed by atoms with Crippen LogP contribution in [0.1, 0.15) is 27.7 Å². The van der Waals surface area contributed by atoms with E-state index in [1.165, 1.54) is 42.8 Å². The summed E-state index contributed by atoms with van der Waals surface area (Å²) in [5, 5.41) is 8.44. The van der Waals surface area contributed by atoms with E-state index in [0.29, 0.717) is 5.75 Å². The first kappa shape index (κ1) is 21.9. The third-order valence-corrected chi connectivity index (χ3v) is 5.01. The van der Waals surface area contributed by atoms with E-state index in [2.05, 4.69) is 27.7 Å². The van der Waals surface area contributed by atoms with Gasteiger partial charge in [-0.1, -0.05) is 0 Å². The zero-order valence-electron chi connectivity index (χ0n) is 14.5. The Morgan fingerprint density at radius 3 is 1.70 bits per heavy atom. The Kier molecular flexibility index (Phi) is 10.1. The minimum atomic E-state index is -4.40. The molecule has 1 rings (SSSR count). The number of benzene rings is 1. The van der Waals surface area contributed by atoms with Crippen LogP contribution in [-0.4, -0.2) is 62.0 Å². The number of nitrogens with zero attached hydrogens (tertiary/aromatic N) is 1. The van der Waals surface area contributed by atoms with Gasteiger partial charge in [0.25, 0.3) is 0 Å². The summed E-state index contributed by atoms with van der Waals surface area (Å²) in [6.45, 7) is 14.2. The topological polar surface area (TPSA) is 86.7 Å². The van der Waals surface area contributed by atoms with E-state index < -0.39 is 10.1 Å². The van der Waals surface area contributed by atoms with Gasteiger partial charge in [0.15, 0.2) is 0 Å². The number of aliphatic hydroxyl groups excluding tert-OH is 1. The highest BCUT2D eigenvalue weighted by atomic mass is 32.2. The number of rotatable bonds is 8. The molecule has 0 aromatic heterocycles. The van der Waals surface area contributed by atoms with Gasteiger partial charge in [-0.15, -0.1) is 0 Å². The predicted molar refractivity (Wildman–Crippen MR) is 89.4 cm³/mol. The third kappa shape index (κ3) is 7.78. The first-order chi connectivity index (χ1) is 10.8.